The van der Waals surface area contributed by atoms with Gasteiger partial charge in [-0.05, 0) is 43.9 Å². The molecule has 0 saturated heterocycles. The molecule has 2 N–H and O–H groups in total. The van der Waals surface area contributed by atoms with Crippen LogP contribution in [0.15, 0.2) is 18.2 Å². The van der Waals surface area contributed by atoms with Gasteiger partial charge in [0.05, 0.1) is 6.07 Å². The second-order valence-electron chi connectivity index (χ2n) is 4.21. The van der Waals surface area contributed by atoms with E-state index >= 15 is 0 Å². The zero-order chi connectivity index (χ0) is 11.4. The molecule has 0 aliphatic rings. The zero-order valence-electron chi connectivity index (χ0n) is 9.62. The predicted octanol–water partition coefficient (Wildman–Crippen LogP) is 2.72. The molecule has 0 saturated carbocycles. The fraction of sp³-hybridized carbons (Fsp3) is 0.462. The van der Waals surface area contributed by atoms with Gasteiger partial charge in [-0.1, -0.05) is 18.2 Å². The van der Waals surface area contributed by atoms with Crippen LogP contribution in [0.25, 0.3) is 0 Å². The maximum absolute atomic E-state index is 8.74. The summed E-state index contributed by atoms with van der Waals surface area (Å²) in [5, 5.41) is 8.74. The molecule has 2 nitrogen and oxygen atoms in total. The number of nitrogens with two attached hydrogens (primary N) is 1. The summed E-state index contributed by atoms with van der Waals surface area (Å²) in [6.07, 6.45) is 0.816. The molecule has 0 spiro atoms. The van der Waals surface area contributed by atoms with Crippen LogP contribution >= 0.6 is 0 Å². The molecule has 0 aliphatic heterocycles. The summed E-state index contributed by atoms with van der Waals surface area (Å²) < 4.78 is 0. The summed E-state index contributed by atoms with van der Waals surface area (Å²) >= 11 is 0. The topological polar surface area (TPSA) is 49.8 Å². The van der Waals surface area contributed by atoms with Crippen molar-refractivity contribution in [2.75, 3.05) is 0 Å². The van der Waals surface area contributed by atoms with E-state index in [1.807, 2.05) is 13.8 Å². The Kier molecular flexibility index (Phi) is 3.88. The molecule has 1 aromatic rings. The first-order valence-electron chi connectivity index (χ1n) is 5.29. The lowest BCUT2D eigenvalue weighted by atomic mass is 9.96. The predicted molar refractivity (Wildman–Crippen MR) is 62.3 cm³/mol. The van der Waals surface area contributed by atoms with Crippen molar-refractivity contribution in [3.05, 3.63) is 34.9 Å². The van der Waals surface area contributed by atoms with Crippen LogP contribution in [0, 0.1) is 24.2 Å². The second kappa shape index (κ2) is 4.95. The fourth-order valence-corrected chi connectivity index (χ4v) is 1.77. The Morgan fingerprint density at radius 2 is 2.07 bits per heavy atom. The van der Waals surface area contributed by atoms with Crippen LogP contribution in [-0.4, -0.2) is 0 Å². The first kappa shape index (κ1) is 11.7. The quantitative estimate of drug-likeness (QED) is 0.819. The first-order chi connectivity index (χ1) is 7.04. The third-order valence-electron chi connectivity index (χ3n) is 2.59. The van der Waals surface area contributed by atoms with Crippen molar-refractivity contribution in [1.82, 2.24) is 0 Å². The minimum absolute atomic E-state index is 0.0746. The van der Waals surface area contributed by atoms with Crippen molar-refractivity contribution in [3.63, 3.8) is 0 Å². The third kappa shape index (κ3) is 3.07. The first-order valence-corrected chi connectivity index (χ1v) is 5.29. The van der Waals surface area contributed by atoms with E-state index < -0.39 is 0 Å². The molecule has 0 aromatic heterocycles. The second-order valence-corrected chi connectivity index (χ2v) is 4.21. The molecule has 0 bridgehead atoms. The molecule has 0 heterocycles. The summed E-state index contributed by atoms with van der Waals surface area (Å²) in [5.41, 5.74) is 9.45. The lowest BCUT2D eigenvalue weighted by Crippen LogP contribution is -2.07. The SMILES string of the molecule is Cc1cc(CC(C)C#N)ccc1C(C)N. The number of hydrogen-bond acceptors (Lipinski definition) is 2. The smallest absolute Gasteiger partial charge is 0.0656 e. The Morgan fingerprint density at radius 3 is 2.53 bits per heavy atom. The number of nitrogens with zero attached hydrogens (tertiary/aromatic N) is 1. The number of benzene rings is 1. The molecule has 2 atom stereocenters. The van der Waals surface area contributed by atoms with Gasteiger partial charge in [-0.2, -0.15) is 5.26 Å². The van der Waals surface area contributed by atoms with E-state index in [0.717, 1.165) is 6.42 Å². The van der Waals surface area contributed by atoms with Crippen molar-refractivity contribution in [3.8, 4) is 6.07 Å². The molecule has 15 heavy (non-hydrogen) atoms. The highest BCUT2D eigenvalue weighted by molar-refractivity contribution is 5.33. The molecule has 2 heteroatoms. The molecule has 1 aromatic carbocycles. The van der Waals surface area contributed by atoms with Crippen molar-refractivity contribution in [1.29, 1.82) is 5.26 Å². The maximum Gasteiger partial charge on any atom is 0.0656 e. The van der Waals surface area contributed by atoms with Gasteiger partial charge in [-0.3, -0.25) is 0 Å². The number of hydrogen-bond donors (Lipinski definition) is 1. The van der Waals surface area contributed by atoms with Gasteiger partial charge in [0, 0.05) is 12.0 Å². The Labute approximate surface area is 91.7 Å². The van der Waals surface area contributed by atoms with Crippen LogP contribution in [0.5, 0.6) is 0 Å². The normalized spacial score (nSPS) is 14.3. The van der Waals surface area contributed by atoms with E-state index in [1.165, 1.54) is 16.7 Å². The molecule has 0 aliphatic carbocycles. The Hall–Kier alpha value is -1.33. The minimum atomic E-state index is 0.0746. The Morgan fingerprint density at radius 1 is 1.40 bits per heavy atom. The van der Waals surface area contributed by atoms with Crippen molar-refractivity contribution in [2.24, 2.45) is 11.7 Å². The Bertz CT molecular complexity index is 375. The van der Waals surface area contributed by atoms with Gasteiger partial charge < -0.3 is 5.73 Å². The molecule has 0 fully saturated rings. The lowest BCUT2D eigenvalue weighted by molar-refractivity contribution is 0.735. The van der Waals surface area contributed by atoms with E-state index in [0.29, 0.717) is 0 Å². The standard InChI is InChI=1S/C13H18N2/c1-9(8-14)6-12-4-5-13(11(3)15)10(2)7-12/h4-5,7,9,11H,6,15H2,1-3H3. The van der Waals surface area contributed by atoms with Gasteiger partial charge in [0.2, 0.25) is 0 Å². The summed E-state index contributed by atoms with van der Waals surface area (Å²) in [7, 11) is 0. The molecule has 0 radical (unpaired) electrons. The highest BCUT2D eigenvalue weighted by Crippen LogP contribution is 2.18. The van der Waals surface area contributed by atoms with Crippen LogP contribution < -0.4 is 5.73 Å². The minimum Gasteiger partial charge on any atom is -0.324 e. The highest BCUT2D eigenvalue weighted by atomic mass is 14.6. The van der Waals surface area contributed by atoms with Gasteiger partial charge >= 0.3 is 0 Å². The van der Waals surface area contributed by atoms with Crippen LogP contribution in [0.1, 0.15) is 36.6 Å². The summed E-state index contributed by atoms with van der Waals surface area (Å²) in [5.74, 6) is 0.0746. The lowest BCUT2D eigenvalue weighted by Gasteiger charge is -2.11. The summed E-state index contributed by atoms with van der Waals surface area (Å²) in [4.78, 5) is 0. The van der Waals surface area contributed by atoms with Crippen LogP contribution in [-0.2, 0) is 6.42 Å². The molecular formula is C13H18N2. The summed E-state index contributed by atoms with van der Waals surface area (Å²) in [6.45, 7) is 5.99. The monoisotopic (exact) mass is 202 g/mol. The van der Waals surface area contributed by atoms with Gasteiger partial charge in [-0.25, -0.2) is 0 Å². The van der Waals surface area contributed by atoms with Gasteiger partial charge in [-0.15, -0.1) is 0 Å². The fourth-order valence-electron chi connectivity index (χ4n) is 1.77. The molecule has 0 amide bonds. The van der Waals surface area contributed by atoms with E-state index in [-0.39, 0.29) is 12.0 Å². The highest BCUT2D eigenvalue weighted by Gasteiger charge is 2.06. The average Bonchev–Trinajstić information content (AvgIpc) is 2.17. The molecular weight excluding hydrogens is 184 g/mol. The number of nitriles is 1. The van der Waals surface area contributed by atoms with Gasteiger partial charge in [0.1, 0.15) is 0 Å². The van der Waals surface area contributed by atoms with Crippen molar-refractivity contribution >= 4 is 0 Å². The summed E-state index contributed by atoms with van der Waals surface area (Å²) in [6, 6.07) is 8.59. The van der Waals surface area contributed by atoms with E-state index in [1.54, 1.807) is 0 Å². The molecule has 1 rings (SSSR count). The number of aryl methyl sites for hydroxylation is 1. The van der Waals surface area contributed by atoms with Gasteiger partial charge in [0.25, 0.3) is 0 Å². The van der Waals surface area contributed by atoms with Crippen molar-refractivity contribution < 1.29 is 0 Å². The molecule has 2 unspecified atom stereocenters. The zero-order valence-corrected chi connectivity index (χ0v) is 9.62. The van der Waals surface area contributed by atoms with Gasteiger partial charge in [0.15, 0.2) is 0 Å². The van der Waals surface area contributed by atoms with Crippen LogP contribution in [0.4, 0.5) is 0 Å². The third-order valence-corrected chi connectivity index (χ3v) is 2.59. The average molecular weight is 202 g/mol. The maximum atomic E-state index is 8.74. The van der Waals surface area contributed by atoms with E-state index in [9.17, 15) is 0 Å². The van der Waals surface area contributed by atoms with Crippen LogP contribution in [0.3, 0.4) is 0 Å². The van der Waals surface area contributed by atoms with Crippen LogP contribution in [0.2, 0.25) is 0 Å². The molecule has 80 valence electrons. The Balaban J connectivity index is 2.88. The van der Waals surface area contributed by atoms with E-state index in [2.05, 4.69) is 31.2 Å². The largest absolute Gasteiger partial charge is 0.324 e. The van der Waals surface area contributed by atoms with Crippen molar-refractivity contribution in [2.45, 2.75) is 33.2 Å². The number of rotatable bonds is 3. The van der Waals surface area contributed by atoms with E-state index in [4.69, 9.17) is 11.0 Å².